The first-order valence-electron chi connectivity index (χ1n) is 6.95. The number of carbonyl (C=O) groups is 2. The Labute approximate surface area is 129 Å². The molecule has 22 heavy (non-hydrogen) atoms. The Morgan fingerprint density at radius 3 is 2.14 bits per heavy atom. The normalized spacial score (nSPS) is 11.4. The van der Waals surface area contributed by atoms with Crippen LogP contribution in [0.3, 0.4) is 0 Å². The van der Waals surface area contributed by atoms with Crippen LogP contribution in [-0.4, -0.2) is 17.9 Å². The van der Waals surface area contributed by atoms with Gasteiger partial charge in [-0.1, -0.05) is 18.2 Å². The first-order valence-corrected chi connectivity index (χ1v) is 6.95. The van der Waals surface area contributed by atoms with Crippen molar-refractivity contribution in [2.24, 2.45) is 0 Å². The fraction of sp³-hybridized carbons (Fsp3) is 0.176. The van der Waals surface area contributed by atoms with E-state index in [2.05, 4.69) is 10.6 Å². The minimum Gasteiger partial charge on any atom is -0.457 e. The van der Waals surface area contributed by atoms with Gasteiger partial charge in [-0.3, -0.25) is 9.59 Å². The van der Waals surface area contributed by atoms with E-state index in [1.165, 1.54) is 6.92 Å². The van der Waals surface area contributed by atoms with E-state index < -0.39 is 6.04 Å². The smallest absolute Gasteiger partial charge is 0.246 e. The Morgan fingerprint density at radius 2 is 1.55 bits per heavy atom. The second-order valence-electron chi connectivity index (χ2n) is 4.85. The van der Waals surface area contributed by atoms with E-state index in [9.17, 15) is 9.59 Å². The van der Waals surface area contributed by atoms with Crippen molar-refractivity contribution < 1.29 is 14.3 Å². The third kappa shape index (κ3) is 4.63. The van der Waals surface area contributed by atoms with Crippen LogP contribution in [-0.2, 0) is 9.59 Å². The summed E-state index contributed by atoms with van der Waals surface area (Å²) in [5, 5.41) is 5.26. The van der Waals surface area contributed by atoms with Crippen LogP contribution < -0.4 is 15.4 Å². The van der Waals surface area contributed by atoms with Gasteiger partial charge in [0, 0.05) is 12.6 Å². The molecule has 0 fully saturated rings. The van der Waals surface area contributed by atoms with Gasteiger partial charge in [-0.15, -0.1) is 0 Å². The van der Waals surface area contributed by atoms with Crippen molar-refractivity contribution in [1.82, 2.24) is 5.32 Å². The second kappa shape index (κ2) is 7.26. The molecule has 0 spiro atoms. The first kappa shape index (κ1) is 15.6. The largest absolute Gasteiger partial charge is 0.457 e. The lowest BCUT2D eigenvalue weighted by Gasteiger charge is -2.13. The summed E-state index contributed by atoms with van der Waals surface area (Å²) in [7, 11) is 0. The van der Waals surface area contributed by atoms with Crippen molar-refractivity contribution in [1.29, 1.82) is 0 Å². The summed E-state index contributed by atoms with van der Waals surface area (Å²) >= 11 is 0. The molecular weight excluding hydrogens is 280 g/mol. The fourth-order valence-corrected chi connectivity index (χ4v) is 1.85. The molecule has 0 heterocycles. The first-order chi connectivity index (χ1) is 10.5. The maximum atomic E-state index is 11.9. The molecule has 2 amide bonds. The Bertz CT molecular complexity index is 639. The molecule has 0 aliphatic rings. The zero-order chi connectivity index (χ0) is 15.9. The summed E-state index contributed by atoms with van der Waals surface area (Å²) in [6.45, 7) is 3.00. The molecule has 0 saturated heterocycles. The second-order valence-corrected chi connectivity index (χ2v) is 4.85. The lowest BCUT2D eigenvalue weighted by atomic mass is 10.2. The molecule has 2 aromatic rings. The molecule has 0 unspecified atom stereocenters. The maximum Gasteiger partial charge on any atom is 0.246 e. The SMILES string of the molecule is CC(=O)N[C@H](C)C(=O)Nc1ccc(Oc2ccccc2)cc1. The van der Waals surface area contributed by atoms with Crippen molar-refractivity contribution in [3.63, 3.8) is 0 Å². The summed E-state index contributed by atoms with van der Waals surface area (Å²) in [5.74, 6) is 0.916. The van der Waals surface area contributed by atoms with Gasteiger partial charge in [0.1, 0.15) is 17.5 Å². The standard InChI is InChI=1S/C17H18N2O3/c1-12(18-13(2)20)17(21)19-14-8-10-16(11-9-14)22-15-6-4-3-5-7-15/h3-12H,1-2H3,(H,18,20)(H,19,21)/t12-/m1/s1. The third-order valence-electron chi connectivity index (χ3n) is 2.91. The van der Waals surface area contributed by atoms with Gasteiger partial charge in [-0.05, 0) is 43.3 Å². The van der Waals surface area contributed by atoms with Gasteiger partial charge in [0.2, 0.25) is 11.8 Å². The number of rotatable bonds is 5. The van der Waals surface area contributed by atoms with E-state index >= 15 is 0 Å². The van der Waals surface area contributed by atoms with Crippen LogP contribution in [0.15, 0.2) is 54.6 Å². The van der Waals surface area contributed by atoms with Gasteiger partial charge in [0.15, 0.2) is 0 Å². The van der Waals surface area contributed by atoms with Crippen LogP contribution in [0.1, 0.15) is 13.8 Å². The van der Waals surface area contributed by atoms with E-state index in [0.717, 1.165) is 5.75 Å². The molecule has 2 N–H and O–H groups in total. The van der Waals surface area contributed by atoms with Crippen molar-refractivity contribution in [2.45, 2.75) is 19.9 Å². The molecule has 0 saturated carbocycles. The van der Waals surface area contributed by atoms with Gasteiger partial charge in [-0.2, -0.15) is 0 Å². The fourth-order valence-electron chi connectivity index (χ4n) is 1.85. The van der Waals surface area contributed by atoms with Crippen LogP contribution in [0.25, 0.3) is 0 Å². The number of ether oxygens (including phenoxy) is 1. The number of amides is 2. The zero-order valence-electron chi connectivity index (χ0n) is 12.5. The van der Waals surface area contributed by atoms with Crippen LogP contribution >= 0.6 is 0 Å². The Kier molecular flexibility index (Phi) is 5.14. The van der Waals surface area contributed by atoms with Crippen LogP contribution in [0.4, 0.5) is 5.69 Å². The molecule has 5 heteroatoms. The minimum atomic E-state index is -0.585. The van der Waals surface area contributed by atoms with Crippen molar-refractivity contribution in [3.05, 3.63) is 54.6 Å². The zero-order valence-corrected chi connectivity index (χ0v) is 12.5. The van der Waals surface area contributed by atoms with E-state index in [1.54, 1.807) is 31.2 Å². The number of anilines is 1. The predicted octanol–water partition coefficient (Wildman–Crippen LogP) is 2.94. The average molecular weight is 298 g/mol. The highest BCUT2D eigenvalue weighted by Gasteiger charge is 2.13. The number of benzene rings is 2. The predicted molar refractivity (Wildman–Crippen MR) is 84.9 cm³/mol. The molecule has 0 radical (unpaired) electrons. The molecule has 0 bridgehead atoms. The number of hydrogen-bond donors (Lipinski definition) is 2. The highest BCUT2D eigenvalue weighted by Crippen LogP contribution is 2.22. The number of nitrogens with one attached hydrogen (secondary N) is 2. The summed E-state index contributed by atoms with van der Waals surface area (Å²) < 4.78 is 5.67. The van der Waals surface area contributed by atoms with Crippen molar-refractivity contribution in [3.8, 4) is 11.5 Å². The van der Waals surface area contributed by atoms with Gasteiger partial charge < -0.3 is 15.4 Å². The molecule has 5 nitrogen and oxygen atoms in total. The number of hydrogen-bond acceptors (Lipinski definition) is 3. The van der Waals surface area contributed by atoms with E-state index in [-0.39, 0.29) is 11.8 Å². The monoisotopic (exact) mass is 298 g/mol. The molecule has 0 aliphatic heterocycles. The van der Waals surface area contributed by atoms with Gasteiger partial charge in [0.25, 0.3) is 0 Å². The summed E-state index contributed by atoms with van der Waals surface area (Å²) in [5.41, 5.74) is 0.641. The highest BCUT2D eigenvalue weighted by molar-refractivity contribution is 5.96. The third-order valence-corrected chi connectivity index (χ3v) is 2.91. The quantitative estimate of drug-likeness (QED) is 0.892. The topological polar surface area (TPSA) is 67.4 Å². The molecule has 0 aliphatic carbocycles. The lowest BCUT2D eigenvalue weighted by molar-refractivity contribution is -0.124. The van der Waals surface area contributed by atoms with Crippen molar-refractivity contribution >= 4 is 17.5 Å². The van der Waals surface area contributed by atoms with E-state index in [4.69, 9.17) is 4.74 Å². The molecule has 0 aromatic heterocycles. The number of carbonyl (C=O) groups excluding carboxylic acids is 2. The summed E-state index contributed by atoms with van der Waals surface area (Å²) in [6.07, 6.45) is 0. The molecule has 114 valence electrons. The molecule has 2 rings (SSSR count). The average Bonchev–Trinajstić information content (AvgIpc) is 2.49. The van der Waals surface area contributed by atoms with Crippen LogP contribution in [0, 0.1) is 0 Å². The van der Waals surface area contributed by atoms with Gasteiger partial charge >= 0.3 is 0 Å². The minimum absolute atomic E-state index is 0.241. The Balaban J connectivity index is 1.94. The van der Waals surface area contributed by atoms with E-state index in [1.807, 2.05) is 30.3 Å². The Hall–Kier alpha value is -2.82. The number of para-hydroxylation sites is 1. The Morgan fingerprint density at radius 1 is 0.955 bits per heavy atom. The van der Waals surface area contributed by atoms with Crippen LogP contribution in [0.5, 0.6) is 11.5 Å². The maximum absolute atomic E-state index is 11.9. The summed E-state index contributed by atoms with van der Waals surface area (Å²) in [4.78, 5) is 22.8. The van der Waals surface area contributed by atoms with Gasteiger partial charge in [0.05, 0.1) is 0 Å². The molecule has 2 aromatic carbocycles. The highest BCUT2D eigenvalue weighted by atomic mass is 16.5. The van der Waals surface area contributed by atoms with Gasteiger partial charge in [-0.25, -0.2) is 0 Å². The lowest BCUT2D eigenvalue weighted by Crippen LogP contribution is -2.40. The summed E-state index contributed by atoms with van der Waals surface area (Å²) in [6, 6.07) is 15.9. The van der Waals surface area contributed by atoms with Crippen LogP contribution in [0.2, 0.25) is 0 Å². The molecular formula is C17H18N2O3. The van der Waals surface area contributed by atoms with E-state index in [0.29, 0.717) is 11.4 Å². The van der Waals surface area contributed by atoms with Crippen molar-refractivity contribution in [2.75, 3.05) is 5.32 Å². The molecule has 1 atom stereocenters.